The summed E-state index contributed by atoms with van der Waals surface area (Å²) >= 11 is 5.83. The van der Waals surface area contributed by atoms with E-state index in [-0.39, 0.29) is 16.5 Å². The molecule has 2 N–H and O–H groups in total. The molecule has 13 heteroatoms. The Morgan fingerprint density at radius 1 is 1.15 bits per heavy atom. The summed E-state index contributed by atoms with van der Waals surface area (Å²) < 4.78 is 80.8. The summed E-state index contributed by atoms with van der Waals surface area (Å²) in [6, 6.07) is 11.3. The highest BCUT2D eigenvalue weighted by Crippen LogP contribution is 2.71. The fourth-order valence-electron chi connectivity index (χ4n) is 6.06. The Morgan fingerprint density at radius 3 is 2.40 bits per heavy atom. The maximum Gasteiger partial charge on any atom is 0.390 e. The molecule has 7 nitrogen and oxygen atoms in total. The van der Waals surface area contributed by atoms with Crippen molar-refractivity contribution in [3.05, 3.63) is 64.9 Å². The second-order valence-corrected chi connectivity index (χ2v) is 13.8. The van der Waals surface area contributed by atoms with E-state index in [2.05, 4.69) is 15.6 Å². The summed E-state index contributed by atoms with van der Waals surface area (Å²) in [5.41, 5.74) is -1.59. The quantitative estimate of drug-likeness (QED) is 0.404. The molecule has 3 aliphatic carbocycles. The number of benzene rings is 2. The van der Waals surface area contributed by atoms with E-state index in [0.29, 0.717) is 30.7 Å². The molecule has 4 aliphatic rings. The van der Waals surface area contributed by atoms with Crippen molar-refractivity contribution >= 4 is 33.4 Å². The fourth-order valence-corrected chi connectivity index (χ4v) is 7.95. The minimum absolute atomic E-state index is 0.0585. The van der Waals surface area contributed by atoms with Crippen molar-refractivity contribution in [3.63, 3.8) is 0 Å². The van der Waals surface area contributed by atoms with Gasteiger partial charge in [0.15, 0.2) is 6.04 Å². The number of rotatable bonds is 9. The van der Waals surface area contributed by atoms with Crippen molar-refractivity contribution in [3.8, 4) is 0 Å². The molecule has 1 aliphatic heterocycles. The lowest BCUT2D eigenvalue weighted by molar-refractivity contribution is -0.151. The molecule has 3 saturated carbocycles. The molecule has 2 aromatic carbocycles. The third-order valence-corrected chi connectivity index (χ3v) is 10.3. The number of amides is 1. The summed E-state index contributed by atoms with van der Waals surface area (Å²) in [7, 11) is -3.96. The SMILES string of the molecule is CC1(C)NC(C23CC(N(Cc4ccc(Cl)c(F)c4)S(=O)(=O)c4ccccc4)(C2)C3)=N[C@@H]1C(=O)NCCC(F)(F)F. The third-order valence-electron chi connectivity index (χ3n) is 8.01. The van der Waals surface area contributed by atoms with Gasteiger partial charge in [0.2, 0.25) is 15.9 Å². The standard InChI is InChI=1S/C27H29ClF4N4O3S/c1-24(2)21(22(37)33-11-10-27(30,31)32)34-23(35-24)25-14-26(15-25,16-25)36(13-17-8-9-19(28)20(29)12-17)40(38,39)18-6-4-3-5-7-18/h3-9,12,21H,10-11,13-16H2,1-2H3,(H,33,37)(H,34,35)/t21-,25?,26?/m1/s1. The van der Waals surface area contributed by atoms with Gasteiger partial charge in [0, 0.05) is 24.0 Å². The number of carbonyl (C=O) groups excluding carboxylic acids is 1. The Kier molecular flexibility index (Phi) is 6.99. The van der Waals surface area contributed by atoms with E-state index in [1.54, 1.807) is 38.1 Å². The van der Waals surface area contributed by atoms with Crippen LogP contribution in [-0.2, 0) is 21.4 Å². The van der Waals surface area contributed by atoms with Crippen molar-refractivity contribution in [1.29, 1.82) is 0 Å². The average molecular weight is 601 g/mol. The van der Waals surface area contributed by atoms with Crippen LogP contribution in [0.25, 0.3) is 0 Å². The molecule has 1 atom stereocenters. The normalized spacial score (nSPS) is 26.9. The van der Waals surface area contributed by atoms with Crippen LogP contribution in [0.3, 0.4) is 0 Å². The molecule has 0 spiro atoms. The smallest absolute Gasteiger partial charge is 0.366 e. The largest absolute Gasteiger partial charge is 0.390 e. The van der Waals surface area contributed by atoms with Gasteiger partial charge in [-0.25, -0.2) is 12.8 Å². The number of carbonyl (C=O) groups is 1. The molecule has 6 rings (SSSR count). The third kappa shape index (κ3) is 5.09. The van der Waals surface area contributed by atoms with Crippen LogP contribution in [0.2, 0.25) is 5.02 Å². The molecule has 0 aromatic heterocycles. The Balaban J connectivity index is 1.36. The van der Waals surface area contributed by atoms with E-state index in [4.69, 9.17) is 11.6 Å². The Morgan fingerprint density at radius 2 is 1.80 bits per heavy atom. The number of hydrogen-bond acceptors (Lipinski definition) is 5. The first-order chi connectivity index (χ1) is 18.6. The average Bonchev–Trinajstić information content (AvgIpc) is 3.13. The number of alkyl halides is 3. The first kappa shape index (κ1) is 28.8. The van der Waals surface area contributed by atoms with Crippen molar-refractivity contribution < 1.29 is 30.8 Å². The Hall–Kier alpha value is -2.70. The predicted molar refractivity (Wildman–Crippen MR) is 142 cm³/mol. The molecule has 40 heavy (non-hydrogen) atoms. The molecule has 2 aromatic rings. The van der Waals surface area contributed by atoms with Crippen molar-refractivity contribution in [1.82, 2.24) is 14.9 Å². The molecular formula is C27H29ClF4N4O3S. The molecule has 3 fully saturated rings. The van der Waals surface area contributed by atoms with Crippen molar-refractivity contribution in [2.75, 3.05) is 6.54 Å². The molecule has 2 bridgehead atoms. The Bertz CT molecular complexity index is 1440. The molecule has 0 saturated heterocycles. The van der Waals surface area contributed by atoms with Crippen LogP contribution in [0.15, 0.2) is 58.4 Å². The zero-order valence-electron chi connectivity index (χ0n) is 21.9. The van der Waals surface area contributed by atoms with Crippen molar-refractivity contribution in [2.45, 2.75) is 74.3 Å². The van der Waals surface area contributed by atoms with E-state index >= 15 is 0 Å². The van der Waals surface area contributed by atoms with Gasteiger partial charge in [-0.2, -0.15) is 17.5 Å². The van der Waals surface area contributed by atoms with E-state index in [1.807, 2.05) is 0 Å². The van der Waals surface area contributed by atoms with Gasteiger partial charge >= 0.3 is 6.18 Å². The fraction of sp³-hybridized carbons (Fsp3) is 0.481. The highest BCUT2D eigenvalue weighted by molar-refractivity contribution is 7.89. The van der Waals surface area contributed by atoms with Gasteiger partial charge < -0.3 is 10.6 Å². The minimum atomic E-state index is -4.38. The lowest BCUT2D eigenvalue weighted by Crippen LogP contribution is -2.78. The van der Waals surface area contributed by atoms with Crippen molar-refractivity contribution in [2.24, 2.45) is 10.4 Å². The highest BCUT2D eigenvalue weighted by atomic mass is 35.5. The van der Waals surface area contributed by atoms with Gasteiger partial charge in [-0.05, 0) is 62.9 Å². The second-order valence-electron chi connectivity index (χ2n) is 11.5. The Labute approximate surface area is 235 Å². The molecule has 216 valence electrons. The number of aliphatic imine (C=N–C) groups is 1. The van der Waals surface area contributed by atoms with Crippen LogP contribution in [0, 0.1) is 11.2 Å². The zero-order valence-corrected chi connectivity index (χ0v) is 23.4. The number of halogens is 5. The van der Waals surface area contributed by atoms with E-state index in [9.17, 15) is 30.8 Å². The predicted octanol–water partition coefficient (Wildman–Crippen LogP) is 4.81. The number of nitrogens with zero attached hydrogens (tertiary/aromatic N) is 2. The molecular weight excluding hydrogens is 572 g/mol. The summed E-state index contributed by atoms with van der Waals surface area (Å²) in [6.45, 7) is 2.91. The maximum atomic E-state index is 14.2. The number of nitrogens with one attached hydrogen (secondary N) is 2. The summed E-state index contributed by atoms with van der Waals surface area (Å²) in [5.74, 6) is -0.683. The highest BCUT2D eigenvalue weighted by Gasteiger charge is 2.75. The van der Waals surface area contributed by atoms with Crippen LogP contribution >= 0.6 is 11.6 Å². The lowest BCUT2D eigenvalue weighted by atomic mass is 9.38. The summed E-state index contributed by atoms with van der Waals surface area (Å²) in [6.07, 6.45) is -4.20. The van der Waals surface area contributed by atoms with Crippen LogP contribution in [0.5, 0.6) is 0 Å². The lowest BCUT2D eigenvalue weighted by Gasteiger charge is -2.73. The molecule has 0 unspecified atom stereocenters. The topological polar surface area (TPSA) is 90.9 Å². The van der Waals surface area contributed by atoms with Gasteiger partial charge in [0.25, 0.3) is 0 Å². The first-order valence-electron chi connectivity index (χ1n) is 12.8. The maximum absolute atomic E-state index is 14.2. The summed E-state index contributed by atoms with van der Waals surface area (Å²) in [5, 5.41) is 5.54. The monoisotopic (exact) mass is 600 g/mol. The van der Waals surface area contributed by atoms with E-state index in [0.717, 1.165) is 0 Å². The van der Waals surface area contributed by atoms with E-state index in [1.165, 1.54) is 28.6 Å². The summed E-state index contributed by atoms with van der Waals surface area (Å²) in [4.78, 5) is 17.4. The van der Waals surface area contributed by atoms with Crippen LogP contribution in [0.4, 0.5) is 17.6 Å². The number of amidine groups is 1. The van der Waals surface area contributed by atoms with Gasteiger partial charge in [0.05, 0.1) is 21.9 Å². The zero-order chi connectivity index (χ0) is 29.1. The molecule has 1 amide bonds. The minimum Gasteiger partial charge on any atom is -0.366 e. The number of sulfonamides is 1. The van der Waals surface area contributed by atoms with Crippen LogP contribution in [0.1, 0.15) is 45.1 Å². The van der Waals surface area contributed by atoms with E-state index < -0.39 is 63.4 Å². The number of hydrogen-bond donors (Lipinski definition) is 2. The molecule has 0 radical (unpaired) electrons. The van der Waals surface area contributed by atoms with Crippen LogP contribution in [-0.4, -0.2) is 54.3 Å². The van der Waals surface area contributed by atoms with Gasteiger partial charge in [0.1, 0.15) is 11.7 Å². The van der Waals surface area contributed by atoms with Gasteiger partial charge in [-0.3, -0.25) is 9.79 Å². The van der Waals surface area contributed by atoms with Crippen LogP contribution < -0.4 is 10.6 Å². The molecule has 1 heterocycles. The van der Waals surface area contributed by atoms with Gasteiger partial charge in [-0.1, -0.05) is 35.9 Å². The second kappa shape index (κ2) is 9.70. The van der Waals surface area contributed by atoms with Gasteiger partial charge in [-0.15, -0.1) is 0 Å². The first-order valence-corrected chi connectivity index (χ1v) is 14.6.